The molecule has 2 rings (SSSR count). The van der Waals surface area contributed by atoms with Gasteiger partial charge in [-0.25, -0.2) is 4.79 Å². The fourth-order valence-corrected chi connectivity index (χ4v) is 1.98. The van der Waals surface area contributed by atoms with Crippen molar-refractivity contribution in [1.82, 2.24) is 5.32 Å². The standard InChI is InChI=1S/C15H19NO3/c1-15(6-7-15)8-9-16-13(17)10-11-2-4-12(5-3-11)14(18)19/h2-5H,6-10H2,1H3,(H,16,17)(H,18,19). The molecule has 4 nitrogen and oxygen atoms in total. The Morgan fingerprint density at radius 3 is 2.42 bits per heavy atom. The molecule has 0 aromatic heterocycles. The summed E-state index contributed by atoms with van der Waals surface area (Å²) < 4.78 is 0. The summed E-state index contributed by atoms with van der Waals surface area (Å²) in [5.74, 6) is -0.957. The number of hydrogen-bond donors (Lipinski definition) is 2. The molecule has 4 heteroatoms. The van der Waals surface area contributed by atoms with E-state index in [2.05, 4.69) is 12.2 Å². The SMILES string of the molecule is CC1(CCNC(=O)Cc2ccc(C(=O)O)cc2)CC1. The highest BCUT2D eigenvalue weighted by molar-refractivity contribution is 5.87. The van der Waals surface area contributed by atoms with E-state index in [0.717, 1.165) is 18.5 Å². The maximum Gasteiger partial charge on any atom is 0.335 e. The lowest BCUT2D eigenvalue weighted by molar-refractivity contribution is -0.120. The quantitative estimate of drug-likeness (QED) is 0.825. The molecular weight excluding hydrogens is 242 g/mol. The van der Waals surface area contributed by atoms with Crippen LogP contribution in [0.3, 0.4) is 0 Å². The van der Waals surface area contributed by atoms with Crippen molar-refractivity contribution >= 4 is 11.9 Å². The van der Waals surface area contributed by atoms with E-state index in [0.29, 0.717) is 11.8 Å². The van der Waals surface area contributed by atoms with E-state index >= 15 is 0 Å². The van der Waals surface area contributed by atoms with E-state index in [1.807, 2.05) is 0 Å². The average Bonchev–Trinajstić information content (AvgIpc) is 3.08. The third kappa shape index (κ3) is 4.09. The number of hydrogen-bond acceptors (Lipinski definition) is 2. The van der Waals surface area contributed by atoms with E-state index in [4.69, 9.17) is 5.11 Å². The monoisotopic (exact) mass is 261 g/mol. The van der Waals surface area contributed by atoms with Crippen LogP contribution in [-0.4, -0.2) is 23.5 Å². The zero-order valence-corrected chi connectivity index (χ0v) is 11.1. The van der Waals surface area contributed by atoms with Gasteiger partial charge in [-0.2, -0.15) is 0 Å². The molecule has 0 bridgehead atoms. The van der Waals surface area contributed by atoms with Crippen molar-refractivity contribution in [1.29, 1.82) is 0 Å². The van der Waals surface area contributed by atoms with E-state index < -0.39 is 5.97 Å². The van der Waals surface area contributed by atoms with Gasteiger partial charge in [-0.3, -0.25) is 4.79 Å². The summed E-state index contributed by atoms with van der Waals surface area (Å²) in [6.45, 7) is 2.96. The predicted molar refractivity (Wildman–Crippen MR) is 72.1 cm³/mol. The number of benzene rings is 1. The Hall–Kier alpha value is -1.84. The second-order valence-electron chi connectivity index (χ2n) is 5.59. The Kier molecular flexibility index (Phi) is 3.88. The maximum atomic E-state index is 11.7. The molecule has 102 valence electrons. The highest BCUT2D eigenvalue weighted by Gasteiger charge is 2.36. The van der Waals surface area contributed by atoms with Crippen LogP contribution in [0.15, 0.2) is 24.3 Å². The van der Waals surface area contributed by atoms with Gasteiger partial charge in [0, 0.05) is 6.54 Å². The number of nitrogens with one attached hydrogen (secondary N) is 1. The van der Waals surface area contributed by atoms with Gasteiger partial charge in [-0.1, -0.05) is 19.1 Å². The Labute approximate surface area is 112 Å². The van der Waals surface area contributed by atoms with Gasteiger partial charge in [-0.05, 0) is 42.4 Å². The van der Waals surface area contributed by atoms with Crippen LogP contribution >= 0.6 is 0 Å². The zero-order chi connectivity index (χ0) is 13.9. The van der Waals surface area contributed by atoms with Gasteiger partial charge < -0.3 is 10.4 Å². The molecule has 1 aliphatic carbocycles. The normalized spacial score (nSPS) is 15.8. The first-order valence-electron chi connectivity index (χ1n) is 6.57. The molecule has 0 saturated heterocycles. The summed E-state index contributed by atoms with van der Waals surface area (Å²) >= 11 is 0. The summed E-state index contributed by atoms with van der Waals surface area (Å²) in [6, 6.07) is 6.42. The molecular formula is C15H19NO3. The topological polar surface area (TPSA) is 66.4 Å². The molecule has 0 aliphatic heterocycles. The van der Waals surface area contributed by atoms with Crippen LogP contribution in [0.2, 0.25) is 0 Å². The van der Waals surface area contributed by atoms with Crippen LogP contribution < -0.4 is 5.32 Å². The minimum absolute atomic E-state index is 0.00711. The van der Waals surface area contributed by atoms with Crippen molar-refractivity contribution in [2.24, 2.45) is 5.41 Å². The van der Waals surface area contributed by atoms with E-state index in [9.17, 15) is 9.59 Å². The van der Waals surface area contributed by atoms with E-state index in [1.165, 1.54) is 25.0 Å². The molecule has 0 radical (unpaired) electrons. The number of amides is 1. The van der Waals surface area contributed by atoms with Crippen LogP contribution in [0.4, 0.5) is 0 Å². The molecule has 1 aromatic rings. The maximum absolute atomic E-state index is 11.7. The number of carboxylic acid groups (broad SMARTS) is 1. The molecule has 1 fully saturated rings. The van der Waals surface area contributed by atoms with Crippen molar-refractivity contribution in [3.05, 3.63) is 35.4 Å². The van der Waals surface area contributed by atoms with Gasteiger partial charge in [0.2, 0.25) is 5.91 Å². The van der Waals surface area contributed by atoms with Crippen molar-refractivity contribution in [2.45, 2.75) is 32.6 Å². The Bertz CT molecular complexity index is 475. The van der Waals surface area contributed by atoms with Gasteiger partial charge in [-0.15, -0.1) is 0 Å². The summed E-state index contributed by atoms with van der Waals surface area (Å²) in [4.78, 5) is 22.4. The molecule has 1 amide bonds. The minimum Gasteiger partial charge on any atom is -0.478 e. The summed E-state index contributed by atoms with van der Waals surface area (Å²) in [5.41, 5.74) is 1.53. The van der Waals surface area contributed by atoms with Crippen molar-refractivity contribution in [3.8, 4) is 0 Å². The lowest BCUT2D eigenvalue weighted by atomic mass is 10.1. The highest BCUT2D eigenvalue weighted by atomic mass is 16.4. The number of rotatable bonds is 6. The summed E-state index contributed by atoms with van der Waals surface area (Å²) in [7, 11) is 0. The Balaban J connectivity index is 1.76. The first-order chi connectivity index (χ1) is 8.98. The van der Waals surface area contributed by atoms with Gasteiger partial charge >= 0.3 is 5.97 Å². The molecule has 1 aliphatic rings. The summed E-state index contributed by atoms with van der Waals surface area (Å²) in [6.07, 6.45) is 3.87. The number of carbonyl (C=O) groups excluding carboxylic acids is 1. The second-order valence-corrected chi connectivity index (χ2v) is 5.59. The Morgan fingerprint density at radius 2 is 1.89 bits per heavy atom. The van der Waals surface area contributed by atoms with Gasteiger partial charge in [0.25, 0.3) is 0 Å². The predicted octanol–water partition coefficient (Wildman–Crippen LogP) is 2.23. The molecule has 0 heterocycles. The van der Waals surface area contributed by atoms with Crippen LogP contribution in [0, 0.1) is 5.41 Å². The van der Waals surface area contributed by atoms with Crippen LogP contribution in [0.5, 0.6) is 0 Å². The Morgan fingerprint density at radius 1 is 1.26 bits per heavy atom. The third-order valence-electron chi connectivity index (χ3n) is 3.72. The largest absolute Gasteiger partial charge is 0.478 e. The zero-order valence-electron chi connectivity index (χ0n) is 11.1. The number of aromatic carboxylic acids is 1. The summed E-state index contributed by atoms with van der Waals surface area (Å²) in [5, 5.41) is 11.7. The minimum atomic E-state index is -0.950. The van der Waals surface area contributed by atoms with Gasteiger partial charge in [0.05, 0.1) is 12.0 Å². The number of carbonyl (C=O) groups is 2. The smallest absolute Gasteiger partial charge is 0.335 e. The molecule has 0 unspecified atom stereocenters. The average molecular weight is 261 g/mol. The van der Waals surface area contributed by atoms with Crippen LogP contribution in [0.25, 0.3) is 0 Å². The molecule has 2 N–H and O–H groups in total. The van der Waals surface area contributed by atoms with Crippen molar-refractivity contribution < 1.29 is 14.7 Å². The molecule has 0 atom stereocenters. The number of carboxylic acids is 1. The highest BCUT2D eigenvalue weighted by Crippen LogP contribution is 2.47. The van der Waals surface area contributed by atoms with Crippen molar-refractivity contribution in [3.63, 3.8) is 0 Å². The lowest BCUT2D eigenvalue weighted by Gasteiger charge is -2.09. The first kappa shape index (κ1) is 13.6. The second kappa shape index (κ2) is 5.43. The van der Waals surface area contributed by atoms with E-state index in [-0.39, 0.29) is 11.5 Å². The molecule has 19 heavy (non-hydrogen) atoms. The molecule has 0 spiro atoms. The van der Waals surface area contributed by atoms with Crippen LogP contribution in [-0.2, 0) is 11.2 Å². The molecule has 1 saturated carbocycles. The van der Waals surface area contributed by atoms with Gasteiger partial charge in [0.1, 0.15) is 0 Å². The molecule has 1 aromatic carbocycles. The van der Waals surface area contributed by atoms with Gasteiger partial charge in [0.15, 0.2) is 0 Å². The van der Waals surface area contributed by atoms with E-state index in [1.54, 1.807) is 12.1 Å². The first-order valence-corrected chi connectivity index (χ1v) is 6.57. The fourth-order valence-electron chi connectivity index (χ4n) is 1.98. The van der Waals surface area contributed by atoms with Crippen LogP contribution in [0.1, 0.15) is 42.1 Å². The fraction of sp³-hybridized carbons (Fsp3) is 0.467. The third-order valence-corrected chi connectivity index (χ3v) is 3.72. The lowest BCUT2D eigenvalue weighted by Crippen LogP contribution is -2.27. The van der Waals surface area contributed by atoms with Crippen molar-refractivity contribution in [2.75, 3.05) is 6.54 Å².